The van der Waals surface area contributed by atoms with Crippen molar-refractivity contribution in [3.63, 3.8) is 0 Å². The van der Waals surface area contributed by atoms with E-state index in [1.54, 1.807) is 0 Å². The van der Waals surface area contributed by atoms with Gasteiger partial charge in [0.15, 0.2) is 0 Å². The number of amides is 1. The normalized spacial score (nSPS) is 19.8. The molecular weight excluding hydrogens is 554 g/mol. The van der Waals surface area contributed by atoms with Crippen LogP contribution >= 0.6 is 0 Å². The lowest BCUT2D eigenvalue weighted by atomic mass is 9.83. The topological polar surface area (TPSA) is 65.8 Å². The largest absolute Gasteiger partial charge is 0.493 e. The summed E-state index contributed by atoms with van der Waals surface area (Å²) >= 11 is 0. The summed E-state index contributed by atoms with van der Waals surface area (Å²) < 4.78 is 20.9. The highest BCUT2D eigenvalue weighted by Crippen LogP contribution is 2.53. The lowest BCUT2D eigenvalue weighted by Gasteiger charge is -2.29. The number of likely N-dealkylation sites (tertiary alicyclic amines) is 1. The van der Waals surface area contributed by atoms with E-state index in [1.807, 2.05) is 31.9 Å². The number of fused-ring (bicyclic) bond motifs is 1. The lowest BCUT2D eigenvalue weighted by Crippen LogP contribution is -2.37. The fourth-order valence-corrected chi connectivity index (χ4v) is 7.93. The summed E-state index contributed by atoms with van der Waals surface area (Å²) in [4.78, 5) is 20.2. The Hall–Kier alpha value is -2.32. The van der Waals surface area contributed by atoms with Gasteiger partial charge in [-0.2, -0.15) is 0 Å². The molecule has 1 aromatic heterocycles. The Morgan fingerprint density at radius 3 is 2.51 bits per heavy atom. The molecule has 0 radical (unpaired) electrons. The summed E-state index contributed by atoms with van der Waals surface area (Å²) in [5.41, 5.74) is 4.99. The molecule has 238 valence electrons. The van der Waals surface area contributed by atoms with Gasteiger partial charge in [-0.05, 0) is 100 Å². The van der Waals surface area contributed by atoms with Gasteiger partial charge in [-0.1, -0.05) is 45.8 Å². The number of hydrogen-bond acceptors (Lipinski definition) is 5. The van der Waals surface area contributed by atoms with Gasteiger partial charge in [-0.15, -0.1) is 0 Å². The number of rotatable bonds is 11. The van der Waals surface area contributed by atoms with Gasteiger partial charge in [0.1, 0.15) is 23.9 Å². The van der Waals surface area contributed by atoms with Crippen molar-refractivity contribution < 1.29 is 19.0 Å². The fourth-order valence-electron chi connectivity index (χ4n) is 7.17. The van der Waals surface area contributed by atoms with Crippen LogP contribution in [0.3, 0.4) is 0 Å². The minimum absolute atomic E-state index is 0.130. The van der Waals surface area contributed by atoms with Crippen molar-refractivity contribution in [2.45, 2.75) is 136 Å². The number of imidazole rings is 1. The fraction of sp³-hybridized carbons (Fsp3) is 0.714. The van der Waals surface area contributed by atoms with Gasteiger partial charge in [0, 0.05) is 26.8 Å². The minimum Gasteiger partial charge on any atom is -0.493 e. The molecule has 0 N–H and O–H groups in total. The smallest absolute Gasteiger partial charge is 0.410 e. The van der Waals surface area contributed by atoms with Crippen molar-refractivity contribution in [1.82, 2.24) is 14.5 Å². The van der Waals surface area contributed by atoms with Gasteiger partial charge in [0.05, 0.1) is 24.5 Å². The van der Waals surface area contributed by atoms with Gasteiger partial charge in [-0.25, -0.2) is 9.78 Å². The third-order valence-electron chi connectivity index (χ3n) is 9.47. The van der Waals surface area contributed by atoms with Crippen LogP contribution < -0.4 is 4.74 Å². The number of hydrogen-bond donors (Lipinski definition) is 0. The summed E-state index contributed by atoms with van der Waals surface area (Å²) in [6.45, 7) is 17.8. The molecule has 2 fully saturated rings. The lowest BCUT2D eigenvalue weighted by molar-refractivity contribution is 0.0204. The van der Waals surface area contributed by atoms with E-state index in [-0.39, 0.29) is 12.1 Å². The number of carbonyl (C=O) groups is 1. The molecule has 2 aliphatic carbocycles. The Balaban J connectivity index is 1.52. The second kappa shape index (κ2) is 13.0. The van der Waals surface area contributed by atoms with E-state index < -0.39 is 13.7 Å². The van der Waals surface area contributed by atoms with Crippen LogP contribution in [-0.2, 0) is 29.0 Å². The highest BCUT2D eigenvalue weighted by molar-refractivity contribution is 6.76. The van der Waals surface area contributed by atoms with Crippen LogP contribution in [-0.4, -0.2) is 54.0 Å². The van der Waals surface area contributed by atoms with E-state index >= 15 is 0 Å². The molecule has 43 heavy (non-hydrogen) atoms. The first-order valence-electron chi connectivity index (χ1n) is 16.8. The Bertz CT molecular complexity index is 1270. The Morgan fingerprint density at radius 1 is 1.07 bits per heavy atom. The number of benzene rings is 1. The first-order valence-corrected chi connectivity index (χ1v) is 20.5. The first kappa shape index (κ1) is 32.1. The van der Waals surface area contributed by atoms with Gasteiger partial charge in [0.2, 0.25) is 0 Å². The second-order valence-electron chi connectivity index (χ2n) is 15.4. The average Bonchev–Trinajstić information content (AvgIpc) is 3.72. The van der Waals surface area contributed by atoms with Crippen molar-refractivity contribution in [3.8, 4) is 17.0 Å². The van der Waals surface area contributed by atoms with E-state index in [9.17, 15) is 4.79 Å². The zero-order chi connectivity index (χ0) is 30.8. The molecular formula is C35H55N3O4Si. The quantitative estimate of drug-likeness (QED) is 0.188. The molecule has 7 nitrogen and oxygen atoms in total. The van der Waals surface area contributed by atoms with Crippen LogP contribution in [0, 0.1) is 5.41 Å². The molecule has 3 aliphatic rings. The number of aromatic nitrogens is 2. The van der Waals surface area contributed by atoms with Crippen LogP contribution in [0.2, 0.25) is 25.7 Å². The van der Waals surface area contributed by atoms with E-state index in [1.165, 1.54) is 42.4 Å². The molecule has 0 bridgehead atoms. The van der Waals surface area contributed by atoms with E-state index in [4.69, 9.17) is 19.2 Å². The molecule has 1 aliphatic heterocycles. The SMILES string of the molecule is CCCCOc1ccc(-c2cnc([C@@H]3CCCN3C(=O)OC(C)(C)C)n2COCC[Si](C)(C)C)c2c1CC1(CCCC1)C2. The molecule has 1 saturated carbocycles. The summed E-state index contributed by atoms with van der Waals surface area (Å²) in [6, 6.07) is 5.44. The molecule has 2 heterocycles. The third kappa shape index (κ3) is 7.50. The third-order valence-corrected chi connectivity index (χ3v) is 11.2. The Morgan fingerprint density at radius 2 is 1.81 bits per heavy atom. The summed E-state index contributed by atoms with van der Waals surface area (Å²) in [5, 5.41) is 0. The number of nitrogens with zero attached hydrogens (tertiary/aromatic N) is 3. The van der Waals surface area contributed by atoms with Crippen LogP contribution in [0.25, 0.3) is 11.3 Å². The van der Waals surface area contributed by atoms with Crippen molar-refractivity contribution in [2.24, 2.45) is 5.41 Å². The molecule has 8 heteroatoms. The second-order valence-corrected chi connectivity index (χ2v) is 21.1. The molecule has 1 aromatic carbocycles. The van der Waals surface area contributed by atoms with Gasteiger partial charge in [0.25, 0.3) is 0 Å². The molecule has 0 unspecified atom stereocenters. The van der Waals surface area contributed by atoms with Crippen molar-refractivity contribution in [2.75, 3.05) is 19.8 Å². The van der Waals surface area contributed by atoms with Gasteiger partial charge >= 0.3 is 6.09 Å². The molecule has 1 atom stereocenters. The predicted octanol–water partition coefficient (Wildman–Crippen LogP) is 8.77. The zero-order valence-corrected chi connectivity index (χ0v) is 28.9. The number of ether oxygens (including phenoxy) is 3. The highest BCUT2D eigenvalue weighted by atomic mass is 28.3. The average molecular weight is 610 g/mol. The first-order chi connectivity index (χ1) is 20.4. The monoisotopic (exact) mass is 609 g/mol. The Labute approximate surface area is 260 Å². The van der Waals surface area contributed by atoms with Crippen LogP contribution in [0.5, 0.6) is 5.75 Å². The molecule has 1 amide bonds. The van der Waals surface area contributed by atoms with Crippen LogP contribution in [0.4, 0.5) is 4.79 Å². The minimum atomic E-state index is -1.23. The molecule has 5 rings (SSSR count). The maximum absolute atomic E-state index is 13.3. The molecule has 2 aromatic rings. The maximum atomic E-state index is 13.3. The van der Waals surface area contributed by atoms with E-state index in [0.717, 1.165) is 75.1 Å². The number of carbonyl (C=O) groups excluding carboxylic acids is 1. The van der Waals surface area contributed by atoms with Gasteiger partial charge < -0.3 is 18.8 Å². The van der Waals surface area contributed by atoms with Crippen LogP contribution in [0.15, 0.2) is 18.3 Å². The van der Waals surface area contributed by atoms with Crippen LogP contribution in [0.1, 0.15) is 102 Å². The molecule has 1 saturated heterocycles. The molecule has 1 spiro atoms. The highest BCUT2D eigenvalue weighted by Gasteiger charge is 2.43. The predicted molar refractivity (Wildman–Crippen MR) is 175 cm³/mol. The Kier molecular flexibility index (Phi) is 9.67. The standard InChI is InChI=1S/C35H55N3O4Si/c1-8-9-19-41-31-15-14-26(27-22-35(23-28(27)31)16-10-11-17-35)30-24-36-32(38(30)25-40-20-21-43(5,6)7)29-13-12-18-37(29)33(39)42-34(2,3)4/h14-15,24,29H,8-13,16-23,25H2,1-7H3/t29-/m0/s1. The summed E-state index contributed by atoms with van der Waals surface area (Å²) in [6.07, 6.45) is 13.2. The van der Waals surface area contributed by atoms with E-state index in [0.29, 0.717) is 18.7 Å². The zero-order valence-electron chi connectivity index (χ0n) is 27.9. The van der Waals surface area contributed by atoms with Gasteiger partial charge in [-0.3, -0.25) is 4.90 Å². The van der Waals surface area contributed by atoms with E-state index in [2.05, 4.69) is 43.3 Å². The summed E-state index contributed by atoms with van der Waals surface area (Å²) in [7, 11) is -1.23. The van der Waals surface area contributed by atoms with Crippen molar-refractivity contribution >= 4 is 14.2 Å². The van der Waals surface area contributed by atoms with Crippen molar-refractivity contribution in [1.29, 1.82) is 0 Å². The maximum Gasteiger partial charge on any atom is 0.410 e. The number of unbranched alkanes of at least 4 members (excludes halogenated alkanes) is 1. The van der Waals surface area contributed by atoms with Crippen molar-refractivity contribution in [3.05, 3.63) is 35.3 Å². The summed E-state index contributed by atoms with van der Waals surface area (Å²) in [5.74, 6) is 1.97.